The third-order valence-corrected chi connectivity index (χ3v) is 3.04. The molecule has 7 nitrogen and oxygen atoms in total. The van der Waals surface area contributed by atoms with Gasteiger partial charge in [-0.05, 0) is 30.3 Å². The first kappa shape index (κ1) is 11.7. The summed E-state index contributed by atoms with van der Waals surface area (Å²) in [5.41, 5.74) is 0.837. The maximum Gasteiger partial charge on any atom is 0.293 e. The van der Waals surface area contributed by atoms with Gasteiger partial charge in [-0.3, -0.25) is 0 Å². The van der Waals surface area contributed by atoms with Crippen LogP contribution in [0.2, 0.25) is 0 Å². The minimum atomic E-state index is 0.365. The van der Waals surface area contributed by atoms with Crippen molar-refractivity contribution in [3.63, 3.8) is 0 Å². The average Bonchev–Trinajstić information content (AvgIpc) is 3.24. The quantitative estimate of drug-likeness (QED) is 0.597. The maximum atomic E-state index is 5.20. The normalized spacial score (nSPS) is 11.0. The molecule has 2 N–H and O–H groups in total. The molecule has 4 rings (SSSR count). The van der Waals surface area contributed by atoms with Gasteiger partial charge >= 0.3 is 0 Å². The molecule has 0 unspecified atom stereocenters. The molecule has 0 aromatic carbocycles. The van der Waals surface area contributed by atoms with Gasteiger partial charge in [-0.1, -0.05) is 5.16 Å². The number of aromatic nitrogens is 4. The molecule has 0 atom stereocenters. The zero-order valence-corrected chi connectivity index (χ0v) is 10.9. The third-order valence-electron chi connectivity index (χ3n) is 3.04. The Morgan fingerprint density at radius 1 is 1.14 bits per heavy atom. The van der Waals surface area contributed by atoms with Crippen LogP contribution in [0.4, 0.5) is 5.82 Å². The van der Waals surface area contributed by atoms with E-state index in [1.807, 2.05) is 24.4 Å². The standard InChI is InChI=1S/C14H11N5O2/c1-2-10(20-7-1)14-18-12(19-21-14)8-16-11-4-3-9-5-6-15-13(9)17-11/h1-7H,8H2,(H2,15,16,17). The summed E-state index contributed by atoms with van der Waals surface area (Å²) in [5.74, 6) is 2.20. The van der Waals surface area contributed by atoms with Crippen LogP contribution in [0.15, 0.2) is 51.7 Å². The van der Waals surface area contributed by atoms with Gasteiger partial charge in [-0.15, -0.1) is 0 Å². The number of H-pyrrole nitrogens is 1. The van der Waals surface area contributed by atoms with Crippen LogP contribution >= 0.6 is 0 Å². The molecule has 4 heterocycles. The molecule has 4 aromatic rings. The van der Waals surface area contributed by atoms with Crippen molar-refractivity contribution in [2.45, 2.75) is 6.54 Å². The van der Waals surface area contributed by atoms with E-state index in [1.165, 1.54) is 0 Å². The molecule has 0 saturated heterocycles. The number of anilines is 1. The fourth-order valence-electron chi connectivity index (χ4n) is 2.02. The van der Waals surface area contributed by atoms with E-state index in [9.17, 15) is 0 Å². The van der Waals surface area contributed by atoms with E-state index in [-0.39, 0.29) is 0 Å². The van der Waals surface area contributed by atoms with Crippen molar-refractivity contribution < 1.29 is 8.94 Å². The molecule has 7 heteroatoms. The largest absolute Gasteiger partial charge is 0.459 e. The van der Waals surface area contributed by atoms with Gasteiger partial charge in [0.1, 0.15) is 11.5 Å². The van der Waals surface area contributed by atoms with E-state index in [0.717, 1.165) is 16.9 Å². The molecule has 0 spiro atoms. The molecule has 0 fully saturated rings. The number of nitrogens with zero attached hydrogens (tertiary/aromatic N) is 3. The van der Waals surface area contributed by atoms with Crippen molar-refractivity contribution in [3.05, 3.63) is 48.6 Å². The summed E-state index contributed by atoms with van der Waals surface area (Å²) in [6.45, 7) is 0.420. The number of furan rings is 1. The third kappa shape index (κ3) is 2.25. The molecule has 104 valence electrons. The molecule has 0 bridgehead atoms. The Bertz CT molecular complexity index is 862. The van der Waals surface area contributed by atoms with Crippen LogP contribution in [-0.4, -0.2) is 20.1 Å². The van der Waals surface area contributed by atoms with Crippen LogP contribution in [0.3, 0.4) is 0 Å². The number of hydrogen-bond acceptors (Lipinski definition) is 6. The summed E-state index contributed by atoms with van der Waals surface area (Å²) in [4.78, 5) is 11.8. The van der Waals surface area contributed by atoms with Crippen LogP contribution in [0.25, 0.3) is 22.7 Å². The van der Waals surface area contributed by atoms with Crippen LogP contribution in [-0.2, 0) is 6.54 Å². The first-order valence-corrected chi connectivity index (χ1v) is 6.43. The Morgan fingerprint density at radius 3 is 3.05 bits per heavy atom. The highest BCUT2D eigenvalue weighted by Gasteiger charge is 2.10. The lowest BCUT2D eigenvalue weighted by atomic mass is 10.3. The summed E-state index contributed by atoms with van der Waals surface area (Å²) in [7, 11) is 0. The summed E-state index contributed by atoms with van der Waals surface area (Å²) in [5, 5.41) is 8.12. The van der Waals surface area contributed by atoms with E-state index in [1.54, 1.807) is 18.4 Å². The van der Waals surface area contributed by atoms with Gasteiger partial charge in [-0.25, -0.2) is 4.98 Å². The lowest BCUT2D eigenvalue weighted by Crippen LogP contribution is -2.02. The van der Waals surface area contributed by atoms with Gasteiger partial charge in [0, 0.05) is 11.6 Å². The average molecular weight is 281 g/mol. The molecular weight excluding hydrogens is 270 g/mol. The maximum absolute atomic E-state index is 5.20. The first-order chi connectivity index (χ1) is 10.4. The number of aromatic amines is 1. The topological polar surface area (TPSA) is 92.8 Å². The molecule has 0 aliphatic carbocycles. The van der Waals surface area contributed by atoms with Crippen LogP contribution in [0.1, 0.15) is 5.82 Å². The van der Waals surface area contributed by atoms with Crippen LogP contribution in [0.5, 0.6) is 0 Å². The Hall–Kier alpha value is -3.09. The molecule has 4 aromatic heterocycles. The monoisotopic (exact) mass is 281 g/mol. The van der Waals surface area contributed by atoms with Crippen molar-refractivity contribution in [2.75, 3.05) is 5.32 Å². The molecule has 0 aliphatic heterocycles. The molecule has 0 radical (unpaired) electrons. The second-order valence-electron chi connectivity index (χ2n) is 4.46. The SMILES string of the molecule is c1coc(-c2nc(CNc3ccc4cc[nH]c4n3)no2)c1. The number of fused-ring (bicyclic) bond motifs is 1. The van der Waals surface area contributed by atoms with Gasteiger partial charge in [0.25, 0.3) is 5.89 Å². The number of rotatable bonds is 4. The molecule has 21 heavy (non-hydrogen) atoms. The molecular formula is C14H11N5O2. The summed E-state index contributed by atoms with van der Waals surface area (Å²) < 4.78 is 10.3. The fraction of sp³-hybridized carbons (Fsp3) is 0.0714. The summed E-state index contributed by atoms with van der Waals surface area (Å²) in [6, 6.07) is 9.41. The van der Waals surface area contributed by atoms with Crippen molar-refractivity contribution in [3.8, 4) is 11.7 Å². The van der Waals surface area contributed by atoms with Crippen molar-refractivity contribution in [1.29, 1.82) is 0 Å². The highest BCUT2D eigenvalue weighted by molar-refractivity contribution is 5.77. The second-order valence-corrected chi connectivity index (χ2v) is 4.46. The second kappa shape index (κ2) is 4.78. The smallest absolute Gasteiger partial charge is 0.293 e. The van der Waals surface area contributed by atoms with Crippen molar-refractivity contribution in [1.82, 2.24) is 20.1 Å². The number of pyridine rings is 1. The zero-order valence-electron chi connectivity index (χ0n) is 10.9. The van der Waals surface area contributed by atoms with Crippen molar-refractivity contribution >= 4 is 16.9 Å². The summed E-state index contributed by atoms with van der Waals surface area (Å²) >= 11 is 0. The first-order valence-electron chi connectivity index (χ1n) is 6.43. The summed E-state index contributed by atoms with van der Waals surface area (Å²) in [6.07, 6.45) is 3.42. The highest BCUT2D eigenvalue weighted by Crippen LogP contribution is 2.18. The number of hydrogen-bond donors (Lipinski definition) is 2. The lowest BCUT2D eigenvalue weighted by Gasteiger charge is -2.01. The lowest BCUT2D eigenvalue weighted by molar-refractivity contribution is 0.410. The zero-order chi connectivity index (χ0) is 14.1. The predicted octanol–water partition coefficient (Wildman–Crippen LogP) is 2.82. The van der Waals surface area contributed by atoms with Crippen LogP contribution < -0.4 is 5.32 Å². The van der Waals surface area contributed by atoms with Gasteiger partial charge in [0.2, 0.25) is 0 Å². The van der Waals surface area contributed by atoms with E-state index in [0.29, 0.717) is 24.0 Å². The Kier molecular flexibility index (Phi) is 2.67. The van der Waals surface area contributed by atoms with Crippen LogP contribution in [0, 0.1) is 0 Å². The van der Waals surface area contributed by atoms with Gasteiger partial charge in [0.05, 0.1) is 12.8 Å². The molecule has 0 amide bonds. The minimum absolute atomic E-state index is 0.365. The van der Waals surface area contributed by atoms with Crippen molar-refractivity contribution in [2.24, 2.45) is 0 Å². The van der Waals surface area contributed by atoms with E-state index in [4.69, 9.17) is 8.94 Å². The predicted molar refractivity (Wildman–Crippen MR) is 75.4 cm³/mol. The minimum Gasteiger partial charge on any atom is -0.459 e. The molecule has 0 aliphatic rings. The highest BCUT2D eigenvalue weighted by atomic mass is 16.5. The van der Waals surface area contributed by atoms with E-state index >= 15 is 0 Å². The Morgan fingerprint density at radius 2 is 2.14 bits per heavy atom. The van der Waals surface area contributed by atoms with E-state index in [2.05, 4.69) is 25.4 Å². The fourth-order valence-corrected chi connectivity index (χ4v) is 2.02. The van der Waals surface area contributed by atoms with E-state index < -0.39 is 0 Å². The van der Waals surface area contributed by atoms with Gasteiger partial charge in [0.15, 0.2) is 11.6 Å². The Labute approximate surface area is 119 Å². The number of nitrogens with one attached hydrogen (secondary N) is 2. The Balaban J connectivity index is 1.49. The van der Waals surface area contributed by atoms with Gasteiger partial charge in [-0.2, -0.15) is 4.98 Å². The molecule has 0 saturated carbocycles. The van der Waals surface area contributed by atoms with Gasteiger partial charge < -0.3 is 19.2 Å².